The predicted octanol–water partition coefficient (Wildman–Crippen LogP) is 3.74. The fourth-order valence-corrected chi connectivity index (χ4v) is 3.71. The van der Waals surface area contributed by atoms with E-state index in [1.807, 2.05) is 19.1 Å². The summed E-state index contributed by atoms with van der Waals surface area (Å²) in [7, 11) is 0. The van der Waals surface area contributed by atoms with Gasteiger partial charge in [0.25, 0.3) is 11.8 Å². The smallest absolute Gasteiger partial charge is 0.274 e. The average Bonchev–Trinajstić information content (AvgIpc) is 3.11. The molecule has 2 aromatic heterocycles. The highest BCUT2D eigenvalue weighted by Gasteiger charge is 2.17. The van der Waals surface area contributed by atoms with Gasteiger partial charge >= 0.3 is 0 Å². The molecule has 3 heterocycles. The van der Waals surface area contributed by atoms with Gasteiger partial charge in [0.15, 0.2) is 0 Å². The second-order valence-corrected chi connectivity index (χ2v) is 8.25. The Morgan fingerprint density at radius 1 is 0.970 bits per heavy atom. The van der Waals surface area contributed by atoms with Crippen LogP contribution in [0.4, 0.5) is 17.2 Å². The molecular formula is C24H25ClN6O2. The largest absolute Gasteiger partial charge is 0.369 e. The summed E-state index contributed by atoms with van der Waals surface area (Å²) in [5, 5.41) is 9.25. The lowest BCUT2D eigenvalue weighted by molar-refractivity contribution is 0.102. The van der Waals surface area contributed by atoms with Crippen LogP contribution in [-0.4, -0.2) is 48.0 Å². The van der Waals surface area contributed by atoms with E-state index in [1.54, 1.807) is 36.7 Å². The number of amides is 2. The molecule has 2 amide bonds. The van der Waals surface area contributed by atoms with Crippen molar-refractivity contribution in [3.63, 3.8) is 0 Å². The van der Waals surface area contributed by atoms with Gasteiger partial charge in [-0.15, -0.1) is 0 Å². The zero-order chi connectivity index (χ0) is 23.2. The molecule has 3 aromatic rings. The number of carbonyl (C=O) groups is 2. The lowest BCUT2D eigenvalue weighted by Crippen LogP contribution is -2.28. The first-order valence-corrected chi connectivity index (χ1v) is 11.1. The monoisotopic (exact) mass is 464 g/mol. The first kappa shape index (κ1) is 22.7. The Morgan fingerprint density at radius 2 is 1.85 bits per heavy atom. The Bertz CT molecular complexity index is 1130. The zero-order valence-corrected chi connectivity index (χ0v) is 19.0. The molecule has 1 aliphatic rings. The maximum Gasteiger partial charge on any atom is 0.274 e. The van der Waals surface area contributed by atoms with Gasteiger partial charge in [-0.2, -0.15) is 0 Å². The van der Waals surface area contributed by atoms with Gasteiger partial charge in [-0.3, -0.25) is 9.59 Å². The summed E-state index contributed by atoms with van der Waals surface area (Å²) in [4.78, 5) is 36.5. The molecule has 3 N–H and O–H groups in total. The van der Waals surface area contributed by atoms with Gasteiger partial charge < -0.3 is 20.9 Å². The van der Waals surface area contributed by atoms with E-state index in [-0.39, 0.29) is 11.3 Å². The number of carbonyl (C=O) groups excluding carboxylic acids is 2. The number of aromatic nitrogens is 2. The molecular weight excluding hydrogens is 440 g/mol. The predicted molar refractivity (Wildman–Crippen MR) is 130 cm³/mol. The number of pyridine rings is 2. The lowest BCUT2D eigenvalue weighted by Gasteiger charge is -2.21. The molecule has 8 nitrogen and oxygen atoms in total. The molecule has 0 saturated carbocycles. The van der Waals surface area contributed by atoms with Crippen LogP contribution in [0.15, 0.2) is 54.9 Å². The number of benzene rings is 1. The number of hydrogen-bond acceptors (Lipinski definition) is 6. The van der Waals surface area contributed by atoms with Crippen molar-refractivity contribution in [3.05, 3.63) is 76.7 Å². The molecule has 1 aromatic carbocycles. The minimum Gasteiger partial charge on any atom is -0.369 e. The van der Waals surface area contributed by atoms with Crippen molar-refractivity contribution in [3.8, 4) is 0 Å². The molecule has 0 aliphatic carbocycles. The quantitative estimate of drug-likeness (QED) is 0.532. The molecule has 0 atom stereocenters. The van der Waals surface area contributed by atoms with Crippen LogP contribution in [0.5, 0.6) is 0 Å². The fraction of sp³-hybridized carbons (Fsp3) is 0.250. The van der Waals surface area contributed by atoms with Crippen LogP contribution in [0.1, 0.15) is 32.8 Å². The molecule has 9 heteroatoms. The lowest BCUT2D eigenvalue weighted by atomic mass is 10.1. The number of nitrogens with one attached hydrogen (secondary N) is 3. The van der Waals surface area contributed by atoms with E-state index in [4.69, 9.17) is 11.6 Å². The number of anilines is 3. The molecule has 1 fully saturated rings. The van der Waals surface area contributed by atoms with E-state index in [0.717, 1.165) is 43.9 Å². The van der Waals surface area contributed by atoms with Gasteiger partial charge in [-0.05, 0) is 61.9 Å². The number of rotatable bonds is 5. The summed E-state index contributed by atoms with van der Waals surface area (Å²) in [6.07, 6.45) is 4.42. The molecule has 170 valence electrons. The molecule has 4 rings (SSSR count). The van der Waals surface area contributed by atoms with Gasteiger partial charge in [0.1, 0.15) is 11.5 Å². The zero-order valence-electron chi connectivity index (χ0n) is 18.3. The van der Waals surface area contributed by atoms with Gasteiger partial charge in [-0.1, -0.05) is 17.7 Å². The Morgan fingerprint density at radius 3 is 2.61 bits per heavy atom. The van der Waals surface area contributed by atoms with Gasteiger partial charge in [0.05, 0.1) is 23.1 Å². The molecule has 0 spiro atoms. The van der Waals surface area contributed by atoms with E-state index in [9.17, 15) is 9.59 Å². The normalized spacial score (nSPS) is 13.8. The summed E-state index contributed by atoms with van der Waals surface area (Å²) in [6.45, 7) is 5.67. The van der Waals surface area contributed by atoms with E-state index in [0.29, 0.717) is 16.5 Å². The Labute approximate surface area is 197 Å². The summed E-state index contributed by atoms with van der Waals surface area (Å²) >= 11 is 6.11. The highest BCUT2D eigenvalue weighted by molar-refractivity contribution is 6.31. The fourth-order valence-electron chi connectivity index (χ4n) is 3.54. The van der Waals surface area contributed by atoms with Crippen LogP contribution in [0.25, 0.3) is 0 Å². The average molecular weight is 465 g/mol. The first-order valence-electron chi connectivity index (χ1n) is 10.8. The van der Waals surface area contributed by atoms with Crippen LogP contribution in [-0.2, 0) is 0 Å². The van der Waals surface area contributed by atoms with Crippen molar-refractivity contribution >= 4 is 40.6 Å². The van der Waals surface area contributed by atoms with Crippen LogP contribution in [0.3, 0.4) is 0 Å². The van der Waals surface area contributed by atoms with Crippen LogP contribution >= 0.6 is 11.6 Å². The molecule has 0 unspecified atom stereocenters. The van der Waals surface area contributed by atoms with Crippen LogP contribution < -0.4 is 20.9 Å². The number of aryl methyl sites for hydroxylation is 1. The van der Waals surface area contributed by atoms with Crippen LogP contribution in [0, 0.1) is 6.92 Å². The van der Waals surface area contributed by atoms with Gasteiger partial charge in [-0.25, -0.2) is 9.97 Å². The van der Waals surface area contributed by atoms with Crippen LogP contribution in [0.2, 0.25) is 5.02 Å². The minimum atomic E-state index is -0.428. The van der Waals surface area contributed by atoms with Crippen molar-refractivity contribution in [1.82, 2.24) is 15.3 Å². The van der Waals surface area contributed by atoms with E-state index < -0.39 is 11.8 Å². The third-order valence-corrected chi connectivity index (χ3v) is 5.55. The highest BCUT2D eigenvalue weighted by Crippen LogP contribution is 2.23. The van der Waals surface area contributed by atoms with E-state index in [1.165, 1.54) is 6.07 Å². The second kappa shape index (κ2) is 10.4. The summed E-state index contributed by atoms with van der Waals surface area (Å²) < 4.78 is 0. The molecule has 1 aliphatic heterocycles. The number of nitrogens with zero attached hydrogens (tertiary/aromatic N) is 3. The van der Waals surface area contributed by atoms with Gasteiger partial charge in [0, 0.05) is 30.9 Å². The van der Waals surface area contributed by atoms with Crippen molar-refractivity contribution in [2.75, 3.05) is 41.7 Å². The highest BCUT2D eigenvalue weighted by atomic mass is 35.5. The first-order chi connectivity index (χ1) is 16.0. The van der Waals surface area contributed by atoms with Crippen molar-refractivity contribution in [1.29, 1.82) is 0 Å². The number of halogens is 1. The van der Waals surface area contributed by atoms with Crippen molar-refractivity contribution in [2.45, 2.75) is 13.3 Å². The second-order valence-electron chi connectivity index (χ2n) is 7.81. The maximum atomic E-state index is 12.9. The molecule has 0 bridgehead atoms. The maximum absolute atomic E-state index is 12.9. The molecule has 33 heavy (non-hydrogen) atoms. The van der Waals surface area contributed by atoms with E-state index in [2.05, 4.69) is 30.8 Å². The minimum absolute atomic E-state index is 0.229. The summed E-state index contributed by atoms with van der Waals surface area (Å²) in [5.74, 6) is -0.435. The van der Waals surface area contributed by atoms with Crippen molar-refractivity contribution in [2.24, 2.45) is 0 Å². The Kier molecular flexibility index (Phi) is 7.16. The third kappa shape index (κ3) is 5.85. The summed E-state index contributed by atoms with van der Waals surface area (Å²) in [6, 6.07) is 11.9. The molecule has 1 saturated heterocycles. The topological polar surface area (TPSA) is 99.2 Å². The van der Waals surface area contributed by atoms with Gasteiger partial charge in [0.2, 0.25) is 0 Å². The Balaban J connectivity index is 1.48. The standard InChI is InChI=1S/C24H25ClN6O2/c1-16-3-8-22(28-14-16)30-23(32)19-13-17(25)4-6-20(19)29-24(33)21-7-5-18(15-27-21)31-11-2-9-26-10-12-31/h3-8,13-15,26H,2,9-12H2,1H3,(H,29,33)(H,28,30,32). The van der Waals surface area contributed by atoms with Crippen molar-refractivity contribution < 1.29 is 9.59 Å². The SMILES string of the molecule is Cc1ccc(NC(=O)c2cc(Cl)ccc2NC(=O)c2ccc(N3CCCNCC3)cn2)nc1. The third-order valence-electron chi connectivity index (χ3n) is 5.31. The number of hydrogen-bond donors (Lipinski definition) is 3. The summed E-state index contributed by atoms with van der Waals surface area (Å²) in [5.41, 5.74) is 2.78. The molecule has 0 radical (unpaired) electrons. The Hall–Kier alpha value is -3.49. The van der Waals surface area contributed by atoms with E-state index >= 15 is 0 Å².